The molecule has 0 atom stereocenters. The highest BCUT2D eigenvalue weighted by Crippen LogP contribution is 2.32. The summed E-state index contributed by atoms with van der Waals surface area (Å²) in [6.07, 6.45) is 0. The van der Waals surface area contributed by atoms with E-state index in [0.717, 1.165) is 22.1 Å². The van der Waals surface area contributed by atoms with Crippen LogP contribution < -0.4 is 9.47 Å². The van der Waals surface area contributed by atoms with Crippen LogP contribution in [-0.2, 0) is 28.4 Å². The van der Waals surface area contributed by atoms with Gasteiger partial charge in [0.15, 0.2) is 11.5 Å². The lowest BCUT2D eigenvalue weighted by Crippen LogP contribution is -2.14. The van der Waals surface area contributed by atoms with Gasteiger partial charge < -0.3 is 37.9 Å². The number of ether oxygens (including phenoxy) is 8. The van der Waals surface area contributed by atoms with E-state index in [1.165, 1.54) is 0 Å². The second-order valence-corrected chi connectivity index (χ2v) is 7.63. The van der Waals surface area contributed by atoms with Gasteiger partial charge in [0.25, 0.3) is 0 Å². The zero-order valence-electron chi connectivity index (χ0n) is 21.1. The Morgan fingerprint density at radius 1 is 0.472 bits per heavy atom. The minimum absolute atomic E-state index is 0.357. The van der Waals surface area contributed by atoms with E-state index < -0.39 is 0 Å². The van der Waals surface area contributed by atoms with Gasteiger partial charge >= 0.3 is 0 Å². The fraction of sp³-hybridized carbons (Fsp3) is 0.538. The predicted molar refractivity (Wildman–Crippen MR) is 135 cm³/mol. The van der Waals surface area contributed by atoms with Crippen LogP contribution in [0.5, 0.6) is 11.5 Å². The Balaban J connectivity index is 1.53. The molecular formula is C26H36N2O8. The summed E-state index contributed by atoms with van der Waals surface area (Å²) in [6, 6.07) is 11.5. The van der Waals surface area contributed by atoms with Gasteiger partial charge in [-0.3, -0.25) is 0 Å². The molecule has 0 aliphatic rings. The van der Waals surface area contributed by atoms with Crippen LogP contribution in [0.2, 0.25) is 0 Å². The lowest BCUT2D eigenvalue weighted by atomic mass is 10.2. The molecule has 3 aromatic rings. The molecule has 0 spiro atoms. The average molecular weight is 505 g/mol. The third kappa shape index (κ3) is 9.81. The van der Waals surface area contributed by atoms with Crippen LogP contribution in [0.1, 0.15) is 0 Å². The normalized spacial score (nSPS) is 11.4. The van der Waals surface area contributed by atoms with E-state index in [4.69, 9.17) is 47.9 Å². The molecule has 0 unspecified atom stereocenters. The second-order valence-electron chi connectivity index (χ2n) is 7.63. The van der Waals surface area contributed by atoms with E-state index in [-0.39, 0.29) is 0 Å². The molecule has 0 radical (unpaired) electrons. The van der Waals surface area contributed by atoms with E-state index in [9.17, 15) is 0 Å². The van der Waals surface area contributed by atoms with Gasteiger partial charge in [0.1, 0.15) is 13.2 Å². The quantitative estimate of drug-likeness (QED) is 0.169. The molecule has 0 amide bonds. The van der Waals surface area contributed by atoms with Crippen molar-refractivity contribution in [3.63, 3.8) is 0 Å². The average Bonchev–Trinajstić information content (AvgIpc) is 2.90. The third-order valence-corrected chi connectivity index (χ3v) is 4.98. The summed E-state index contributed by atoms with van der Waals surface area (Å²) in [5.41, 5.74) is 3.10. The highest BCUT2D eigenvalue weighted by Gasteiger charge is 2.11. The molecule has 0 fully saturated rings. The van der Waals surface area contributed by atoms with E-state index in [0.29, 0.717) is 90.8 Å². The van der Waals surface area contributed by atoms with Crippen molar-refractivity contribution in [1.82, 2.24) is 9.97 Å². The monoisotopic (exact) mass is 504 g/mol. The topological polar surface area (TPSA) is 99.6 Å². The number of aromatic nitrogens is 2. The third-order valence-electron chi connectivity index (χ3n) is 4.98. The number of nitrogens with zero attached hydrogens (tertiary/aromatic N) is 2. The molecule has 198 valence electrons. The molecular weight excluding hydrogens is 468 g/mol. The van der Waals surface area contributed by atoms with Crippen LogP contribution in [0.15, 0.2) is 36.4 Å². The molecule has 0 aliphatic heterocycles. The molecule has 10 nitrogen and oxygen atoms in total. The Kier molecular flexibility index (Phi) is 13.2. The molecule has 36 heavy (non-hydrogen) atoms. The Bertz CT molecular complexity index is 940. The van der Waals surface area contributed by atoms with Crippen molar-refractivity contribution in [3.8, 4) is 11.5 Å². The van der Waals surface area contributed by atoms with Crippen LogP contribution in [0.4, 0.5) is 0 Å². The van der Waals surface area contributed by atoms with Gasteiger partial charge in [0, 0.05) is 26.4 Å². The van der Waals surface area contributed by atoms with E-state index in [1.807, 2.05) is 36.4 Å². The van der Waals surface area contributed by atoms with Gasteiger partial charge in [0.05, 0.1) is 88.1 Å². The van der Waals surface area contributed by atoms with Gasteiger partial charge in [0.2, 0.25) is 0 Å². The lowest BCUT2D eigenvalue weighted by molar-refractivity contribution is 0.0160. The molecule has 0 saturated heterocycles. The van der Waals surface area contributed by atoms with Gasteiger partial charge in [-0.05, 0) is 12.1 Å². The summed E-state index contributed by atoms with van der Waals surface area (Å²) in [4.78, 5) is 9.44. The van der Waals surface area contributed by atoms with Gasteiger partial charge in [-0.15, -0.1) is 0 Å². The minimum atomic E-state index is 0.357. The standard InChI is InChI=1S/C26H36N2O8/c1-29-7-9-31-11-13-33-15-17-35-25-19-23-24(28-22-6-4-3-5-21(22)27-23)20-26(25)36-18-16-34-14-12-32-10-8-30-2/h3-6,19-20H,7-18H2,1-2H3. The predicted octanol–water partition coefficient (Wildman–Crippen LogP) is 2.90. The maximum atomic E-state index is 5.98. The van der Waals surface area contributed by atoms with Crippen molar-refractivity contribution in [2.24, 2.45) is 0 Å². The first-order valence-corrected chi connectivity index (χ1v) is 12.1. The van der Waals surface area contributed by atoms with Crippen molar-refractivity contribution in [1.29, 1.82) is 0 Å². The van der Waals surface area contributed by atoms with Crippen molar-refractivity contribution in [3.05, 3.63) is 36.4 Å². The Labute approximate surface area is 211 Å². The van der Waals surface area contributed by atoms with Crippen molar-refractivity contribution >= 4 is 22.1 Å². The number of fused-ring (bicyclic) bond motifs is 2. The van der Waals surface area contributed by atoms with Crippen LogP contribution in [-0.4, -0.2) is 103 Å². The first-order valence-electron chi connectivity index (χ1n) is 12.1. The molecule has 2 aromatic carbocycles. The number of hydrogen-bond acceptors (Lipinski definition) is 10. The Morgan fingerprint density at radius 3 is 1.22 bits per heavy atom. The molecule has 1 aromatic heterocycles. The minimum Gasteiger partial charge on any atom is -0.487 e. The maximum absolute atomic E-state index is 5.98. The zero-order valence-corrected chi connectivity index (χ0v) is 21.1. The molecule has 0 aliphatic carbocycles. The SMILES string of the molecule is COCCOCCOCCOc1cc2nc3ccccc3nc2cc1OCCOCCOCCOC. The zero-order chi connectivity index (χ0) is 25.3. The van der Waals surface area contributed by atoms with Gasteiger partial charge in [-0.1, -0.05) is 12.1 Å². The molecule has 0 N–H and O–H groups in total. The molecule has 3 rings (SSSR count). The van der Waals surface area contributed by atoms with Crippen molar-refractivity contribution in [2.45, 2.75) is 0 Å². The van der Waals surface area contributed by atoms with Gasteiger partial charge in [-0.25, -0.2) is 9.97 Å². The van der Waals surface area contributed by atoms with Crippen LogP contribution >= 0.6 is 0 Å². The molecule has 10 heteroatoms. The van der Waals surface area contributed by atoms with Crippen molar-refractivity contribution < 1.29 is 37.9 Å². The van der Waals surface area contributed by atoms with E-state index in [2.05, 4.69) is 0 Å². The maximum Gasteiger partial charge on any atom is 0.163 e. The number of benzene rings is 2. The number of hydrogen-bond donors (Lipinski definition) is 0. The number of para-hydroxylation sites is 2. The highest BCUT2D eigenvalue weighted by molar-refractivity contribution is 5.88. The molecule has 0 saturated carbocycles. The van der Waals surface area contributed by atoms with E-state index in [1.54, 1.807) is 14.2 Å². The lowest BCUT2D eigenvalue weighted by Gasteiger charge is -2.14. The summed E-state index contributed by atoms with van der Waals surface area (Å²) >= 11 is 0. The summed E-state index contributed by atoms with van der Waals surface area (Å²) in [7, 11) is 3.29. The first kappa shape index (κ1) is 28.0. The highest BCUT2D eigenvalue weighted by atomic mass is 16.6. The van der Waals surface area contributed by atoms with Crippen molar-refractivity contribution in [2.75, 3.05) is 93.5 Å². The molecule has 0 bridgehead atoms. The van der Waals surface area contributed by atoms with Crippen LogP contribution in [0.3, 0.4) is 0 Å². The van der Waals surface area contributed by atoms with Crippen LogP contribution in [0.25, 0.3) is 22.1 Å². The fourth-order valence-electron chi connectivity index (χ4n) is 3.21. The number of methoxy groups -OCH3 is 2. The first-order chi connectivity index (χ1) is 17.8. The van der Waals surface area contributed by atoms with E-state index >= 15 is 0 Å². The number of rotatable bonds is 20. The van der Waals surface area contributed by atoms with Crippen LogP contribution in [0, 0.1) is 0 Å². The molecule has 1 heterocycles. The van der Waals surface area contributed by atoms with Gasteiger partial charge in [-0.2, -0.15) is 0 Å². The second kappa shape index (κ2) is 17.0. The summed E-state index contributed by atoms with van der Waals surface area (Å²) in [6.45, 7) is 5.77. The Hall–Kier alpha value is -2.60. The smallest absolute Gasteiger partial charge is 0.163 e. The fourth-order valence-corrected chi connectivity index (χ4v) is 3.21. The summed E-state index contributed by atoms with van der Waals surface area (Å²) in [5.74, 6) is 1.16. The summed E-state index contributed by atoms with van der Waals surface area (Å²) in [5, 5.41) is 0. The largest absolute Gasteiger partial charge is 0.487 e. The Morgan fingerprint density at radius 2 is 0.833 bits per heavy atom. The summed E-state index contributed by atoms with van der Waals surface area (Å²) < 4.78 is 43.8.